The number of thiophene rings is 1. The molecule has 0 saturated heterocycles. The van der Waals surface area contributed by atoms with E-state index in [1.165, 1.54) is 10.4 Å². The second-order valence-corrected chi connectivity index (χ2v) is 8.05. The highest BCUT2D eigenvalue weighted by atomic mass is 35.5. The molecule has 126 valence electrons. The van der Waals surface area contributed by atoms with Gasteiger partial charge in [0.15, 0.2) is 0 Å². The Kier molecular flexibility index (Phi) is 4.45. The van der Waals surface area contributed by atoms with Gasteiger partial charge < -0.3 is 4.52 Å². The van der Waals surface area contributed by atoms with Gasteiger partial charge in [-0.05, 0) is 43.7 Å². The standard InChI is InChI=1S/C17H13ClN4OS2/c1-9-10(2)25-17-14(9)16(19-8-20-17)24-7-13-21-15(22-23-13)11-3-5-12(18)6-4-11/h3-6,8H,7H2,1-2H3. The van der Waals surface area contributed by atoms with Gasteiger partial charge in [0.25, 0.3) is 0 Å². The average Bonchev–Trinajstić information content (AvgIpc) is 3.19. The van der Waals surface area contributed by atoms with Gasteiger partial charge in [0.1, 0.15) is 16.2 Å². The molecule has 0 atom stereocenters. The van der Waals surface area contributed by atoms with Crippen molar-refractivity contribution in [1.29, 1.82) is 0 Å². The first kappa shape index (κ1) is 16.5. The molecule has 1 aromatic carbocycles. The van der Waals surface area contributed by atoms with Gasteiger partial charge in [-0.25, -0.2) is 9.97 Å². The van der Waals surface area contributed by atoms with Crippen LogP contribution in [0.15, 0.2) is 40.1 Å². The second kappa shape index (κ2) is 6.74. The number of aryl methyl sites for hydroxylation is 2. The Hall–Kier alpha value is -1.96. The Labute approximate surface area is 157 Å². The molecule has 0 fully saturated rings. The largest absolute Gasteiger partial charge is 0.338 e. The minimum atomic E-state index is 0.557. The summed E-state index contributed by atoms with van der Waals surface area (Å²) in [6.07, 6.45) is 1.60. The SMILES string of the molecule is Cc1sc2ncnc(SCc3nc(-c4ccc(Cl)cc4)no3)c2c1C. The minimum Gasteiger partial charge on any atom is -0.338 e. The molecule has 4 aromatic rings. The van der Waals surface area contributed by atoms with Gasteiger partial charge in [-0.15, -0.1) is 11.3 Å². The number of fused-ring (bicyclic) bond motifs is 1. The quantitative estimate of drug-likeness (QED) is 0.349. The fourth-order valence-electron chi connectivity index (χ4n) is 2.42. The zero-order chi connectivity index (χ0) is 17.4. The molecule has 3 aromatic heterocycles. The summed E-state index contributed by atoms with van der Waals surface area (Å²) < 4.78 is 5.36. The maximum absolute atomic E-state index is 5.91. The van der Waals surface area contributed by atoms with E-state index in [9.17, 15) is 0 Å². The van der Waals surface area contributed by atoms with E-state index in [-0.39, 0.29) is 0 Å². The number of hydrogen-bond donors (Lipinski definition) is 0. The number of benzene rings is 1. The van der Waals surface area contributed by atoms with Crippen molar-refractivity contribution in [2.75, 3.05) is 0 Å². The zero-order valence-corrected chi connectivity index (χ0v) is 15.9. The molecule has 0 aliphatic carbocycles. The molecule has 0 bridgehead atoms. The lowest BCUT2D eigenvalue weighted by Gasteiger charge is -2.00. The molecule has 0 saturated carbocycles. The summed E-state index contributed by atoms with van der Waals surface area (Å²) in [7, 11) is 0. The van der Waals surface area contributed by atoms with Gasteiger partial charge >= 0.3 is 0 Å². The molecule has 0 unspecified atom stereocenters. The third kappa shape index (κ3) is 3.27. The first-order valence-electron chi connectivity index (χ1n) is 7.54. The van der Waals surface area contributed by atoms with E-state index in [4.69, 9.17) is 16.1 Å². The smallest absolute Gasteiger partial charge is 0.237 e. The van der Waals surface area contributed by atoms with Gasteiger partial charge in [-0.1, -0.05) is 28.5 Å². The normalized spacial score (nSPS) is 11.3. The molecule has 0 N–H and O–H groups in total. The molecule has 25 heavy (non-hydrogen) atoms. The lowest BCUT2D eigenvalue weighted by molar-refractivity contribution is 0.391. The first-order valence-corrected chi connectivity index (χ1v) is 9.72. The highest BCUT2D eigenvalue weighted by Crippen LogP contribution is 2.35. The Bertz CT molecular complexity index is 1040. The number of rotatable bonds is 4. The van der Waals surface area contributed by atoms with Crippen molar-refractivity contribution in [3.8, 4) is 11.4 Å². The van der Waals surface area contributed by atoms with Gasteiger partial charge in [0.05, 0.1) is 5.75 Å². The maximum Gasteiger partial charge on any atom is 0.237 e. The van der Waals surface area contributed by atoms with Gasteiger partial charge in [0.2, 0.25) is 11.7 Å². The van der Waals surface area contributed by atoms with Crippen LogP contribution in [0.5, 0.6) is 0 Å². The van der Waals surface area contributed by atoms with Crippen molar-refractivity contribution in [2.45, 2.75) is 24.6 Å². The van der Waals surface area contributed by atoms with Crippen LogP contribution >= 0.6 is 34.7 Å². The van der Waals surface area contributed by atoms with E-state index in [1.807, 2.05) is 12.1 Å². The number of aromatic nitrogens is 4. The predicted octanol–water partition coefficient (Wildman–Crippen LogP) is 5.30. The first-order chi connectivity index (χ1) is 12.1. The van der Waals surface area contributed by atoms with Crippen LogP contribution in [0.25, 0.3) is 21.6 Å². The van der Waals surface area contributed by atoms with Crippen molar-refractivity contribution in [1.82, 2.24) is 20.1 Å². The fraction of sp³-hybridized carbons (Fsp3) is 0.176. The number of nitrogens with zero attached hydrogens (tertiary/aromatic N) is 4. The Morgan fingerprint density at radius 2 is 1.96 bits per heavy atom. The summed E-state index contributed by atoms with van der Waals surface area (Å²) >= 11 is 9.18. The summed E-state index contributed by atoms with van der Waals surface area (Å²) in [5, 5.41) is 6.78. The van der Waals surface area contributed by atoms with Gasteiger partial charge in [0, 0.05) is 20.8 Å². The van der Waals surface area contributed by atoms with E-state index < -0.39 is 0 Å². The molecule has 0 radical (unpaired) electrons. The number of thioether (sulfide) groups is 1. The van der Waals surface area contributed by atoms with Gasteiger partial charge in [-0.2, -0.15) is 4.98 Å². The van der Waals surface area contributed by atoms with Crippen LogP contribution in [0.1, 0.15) is 16.3 Å². The third-order valence-electron chi connectivity index (χ3n) is 3.83. The Morgan fingerprint density at radius 1 is 1.16 bits per heavy atom. The maximum atomic E-state index is 5.91. The predicted molar refractivity (Wildman–Crippen MR) is 101 cm³/mol. The monoisotopic (exact) mass is 388 g/mol. The molecule has 3 heterocycles. The van der Waals surface area contributed by atoms with Crippen LogP contribution in [-0.4, -0.2) is 20.1 Å². The summed E-state index contributed by atoms with van der Waals surface area (Å²) in [5.41, 5.74) is 2.11. The lowest BCUT2D eigenvalue weighted by Crippen LogP contribution is -1.87. The lowest BCUT2D eigenvalue weighted by atomic mass is 10.2. The molecular formula is C17H13ClN4OS2. The fourth-order valence-corrected chi connectivity index (χ4v) is 4.50. The van der Waals surface area contributed by atoms with Crippen LogP contribution in [-0.2, 0) is 5.75 Å². The van der Waals surface area contributed by atoms with Crippen LogP contribution in [0.4, 0.5) is 0 Å². The minimum absolute atomic E-state index is 0.557. The van der Waals surface area contributed by atoms with Crippen molar-refractivity contribution >= 4 is 44.9 Å². The number of halogens is 1. The summed E-state index contributed by atoms with van der Waals surface area (Å²) in [6, 6.07) is 7.35. The van der Waals surface area contributed by atoms with Crippen LogP contribution in [0, 0.1) is 13.8 Å². The second-order valence-electron chi connectivity index (χ2n) is 5.45. The summed E-state index contributed by atoms with van der Waals surface area (Å²) in [6.45, 7) is 4.21. The third-order valence-corrected chi connectivity index (χ3v) is 6.17. The molecule has 0 aliphatic heterocycles. The van der Waals surface area contributed by atoms with Crippen molar-refractivity contribution in [2.24, 2.45) is 0 Å². The highest BCUT2D eigenvalue weighted by Gasteiger charge is 2.14. The van der Waals surface area contributed by atoms with Crippen molar-refractivity contribution in [3.63, 3.8) is 0 Å². The number of hydrogen-bond acceptors (Lipinski definition) is 7. The van der Waals surface area contributed by atoms with Crippen LogP contribution < -0.4 is 0 Å². The Morgan fingerprint density at radius 3 is 2.76 bits per heavy atom. The zero-order valence-electron chi connectivity index (χ0n) is 13.5. The topological polar surface area (TPSA) is 64.7 Å². The highest BCUT2D eigenvalue weighted by molar-refractivity contribution is 7.98. The molecule has 4 rings (SSSR count). The molecular weight excluding hydrogens is 376 g/mol. The van der Waals surface area contributed by atoms with Crippen LogP contribution in [0.3, 0.4) is 0 Å². The van der Waals surface area contributed by atoms with E-state index in [2.05, 4.69) is 34.0 Å². The molecule has 0 aliphatic rings. The van der Waals surface area contributed by atoms with Crippen molar-refractivity contribution in [3.05, 3.63) is 51.9 Å². The average molecular weight is 389 g/mol. The van der Waals surface area contributed by atoms with E-state index in [1.54, 1.807) is 41.6 Å². The summed E-state index contributed by atoms with van der Waals surface area (Å²) in [5.74, 6) is 1.68. The van der Waals surface area contributed by atoms with Gasteiger partial charge in [-0.3, -0.25) is 0 Å². The van der Waals surface area contributed by atoms with Crippen LogP contribution in [0.2, 0.25) is 5.02 Å². The molecule has 0 amide bonds. The molecule has 0 spiro atoms. The summed E-state index contributed by atoms with van der Waals surface area (Å²) in [4.78, 5) is 15.5. The molecule has 5 nitrogen and oxygen atoms in total. The van der Waals surface area contributed by atoms with E-state index in [0.717, 1.165) is 20.8 Å². The van der Waals surface area contributed by atoms with Crippen molar-refractivity contribution < 1.29 is 4.52 Å². The van der Waals surface area contributed by atoms with E-state index >= 15 is 0 Å². The molecule has 8 heteroatoms. The van der Waals surface area contributed by atoms with E-state index in [0.29, 0.717) is 22.5 Å². The Balaban J connectivity index is 1.55.